The molecule has 0 aliphatic rings. The zero-order chi connectivity index (χ0) is 24.9. The normalized spacial score (nSPS) is 11.9. The molecule has 0 bridgehead atoms. The number of nitrogens with one attached hydrogen (secondary N) is 1. The Hall–Kier alpha value is -4.28. The van der Waals surface area contributed by atoms with E-state index in [1.165, 1.54) is 19.2 Å². The minimum absolute atomic E-state index is 0.239. The van der Waals surface area contributed by atoms with Crippen molar-refractivity contribution in [3.05, 3.63) is 71.5 Å². The monoisotopic (exact) mass is 482 g/mol. The molecule has 3 aromatic heterocycles. The molecular formula is C24H21F3N6O2. The number of nitrogens with zero attached hydrogens (tertiary/aromatic N) is 5. The molecule has 0 saturated heterocycles. The number of benzene rings is 2. The second-order valence-electron chi connectivity index (χ2n) is 8.17. The summed E-state index contributed by atoms with van der Waals surface area (Å²) in [5.74, 6) is 0.158. The van der Waals surface area contributed by atoms with Crippen molar-refractivity contribution >= 4 is 27.8 Å². The lowest BCUT2D eigenvalue weighted by molar-refractivity contribution is -0.137. The van der Waals surface area contributed by atoms with E-state index in [4.69, 9.17) is 4.74 Å². The molecule has 5 rings (SSSR count). The highest BCUT2D eigenvalue weighted by molar-refractivity contribution is 6.10. The quantitative estimate of drug-likeness (QED) is 0.407. The molecule has 0 unspecified atom stereocenters. The van der Waals surface area contributed by atoms with Gasteiger partial charge in [0, 0.05) is 48.5 Å². The van der Waals surface area contributed by atoms with Crippen molar-refractivity contribution in [1.82, 2.24) is 29.4 Å². The third-order valence-electron chi connectivity index (χ3n) is 5.76. The topological polar surface area (TPSA) is 78.9 Å². The summed E-state index contributed by atoms with van der Waals surface area (Å²) in [6, 6.07) is 10.1. The van der Waals surface area contributed by atoms with Gasteiger partial charge in [-0.15, -0.1) is 5.10 Å². The van der Waals surface area contributed by atoms with Gasteiger partial charge >= 0.3 is 6.18 Å². The van der Waals surface area contributed by atoms with Gasteiger partial charge < -0.3 is 10.1 Å². The average Bonchev–Trinajstić information content (AvgIpc) is 3.47. The fourth-order valence-electron chi connectivity index (χ4n) is 4.18. The Morgan fingerprint density at radius 2 is 1.71 bits per heavy atom. The lowest BCUT2D eigenvalue weighted by Crippen LogP contribution is -2.22. The van der Waals surface area contributed by atoms with Crippen LogP contribution in [0.25, 0.3) is 27.6 Å². The van der Waals surface area contributed by atoms with Gasteiger partial charge in [-0.2, -0.15) is 18.3 Å². The predicted octanol–water partition coefficient (Wildman–Crippen LogP) is 4.21. The molecule has 11 heteroatoms. The number of ether oxygens (including phenoxy) is 1. The first-order chi connectivity index (χ1) is 16.7. The first kappa shape index (κ1) is 22.5. The molecule has 1 N–H and O–H groups in total. The number of alkyl halides is 3. The molecule has 0 spiro atoms. The predicted molar refractivity (Wildman–Crippen MR) is 123 cm³/mol. The van der Waals surface area contributed by atoms with Crippen LogP contribution in [0.5, 0.6) is 5.88 Å². The highest BCUT2D eigenvalue weighted by atomic mass is 19.4. The van der Waals surface area contributed by atoms with Gasteiger partial charge in [0.25, 0.3) is 5.91 Å². The molecule has 0 radical (unpaired) electrons. The van der Waals surface area contributed by atoms with E-state index in [1.54, 1.807) is 52.4 Å². The third-order valence-corrected chi connectivity index (χ3v) is 5.76. The van der Waals surface area contributed by atoms with Crippen LogP contribution in [0.4, 0.5) is 13.2 Å². The summed E-state index contributed by atoms with van der Waals surface area (Å²) in [7, 11) is 5.05. The molecule has 5 aromatic rings. The van der Waals surface area contributed by atoms with Crippen LogP contribution in [-0.4, -0.2) is 37.1 Å². The molecule has 3 heterocycles. The second kappa shape index (κ2) is 8.19. The van der Waals surface area contributed by atoms with Gasteiger partial charge in [0.15, 0.2) is 5.65 Å². The number of carbonyl (C=O) groups is 1. The maximum Gasteiger partial charge on any atom is 0.416 e. The summed E-state index contributed by atoms with van der Waals surface area (Å²) < 4.78 is 49.4. The number of aromatic nitrogens is 5. The van der Waals surface area contributed by atoms with Crippen LogP contribution in [0.1, 0.15) is 21.5 Å². The van der Waals surface area contributed by atoms with Crippen molar-refractivity contribution < 1.29 is 22.7 Å². The van der Waals surface area contributed by atoms with Crippen LogP contribution in [-0.2, 0) is 26.8 Å². The van der Waals surface area contributed by atoms with Crippen molar-refractivity contribution in [1.29, 1.82) is 0 Å². The van der Waals surface area contributed by atoms with Crippen LogP contribution in [0.15, 0.2) is 54.9 Å². The summed E-state index contributed by atoms with van der Waals surface area (Å²) in [6.07, 6.45) is -0.828. The zero-order valence-corrected chi connectivity index (χ0v) is 19.1. The second-order valence-corrected chi connectivity index (χ2v) is 8.17. The molecule has 8 nitrogen and oxygen atoms in total. The van der Waals surface area contributed by atoms with Gasteiger partial charge in [-0.05, 0) is 42.5 Å². The molecule has 2 aromatic carbocycles. The molecule has 0 saturated carbocycles. The van der Waals surface area contributed by atoms with Crippen LogP contribution in [0.2, 0.25) is 0 Å². The minimum Gasteiger partial charge on any atom is -0.480 e. The molecule has 0 atom stereocenters. The molecule has 35 heavy (non-hydrogen) atoms. The van der Waals surface area contributed by atoms with Gasteiger partial charge in [-0.3, -0.25) is 18.7 Å². The fourth-order valence-corrected chi connectivity index (χ4v) is 4.18. The van der Waals surface area contributed by atoms with Crippen molar-refractivity contribution in [3.8, 4) is 11.6 Å². The Balaban J connectivity index is 1.52. The van der Waals surface area contributed by atoms with Crippen LogP contribution in [0.3, 0.4) is 0 Å². The summed E-state index contributed by atoms with van der Waals surface area (Å²) >= 11 is 0. The summed E-state index contributed by atoms with van der Waals surface area (Å²) in [5.41, 5.74) is 2.31. The van der Waals surface area contributed by atoms with Gasteiger partial charge in [-0.1, -0.05) is 0 Å². The van der Waals surface area contributed by atoms with Gasteiger partial charge in [-0.25, -0.2) is 0 Å². The largest absolute Gasteiger partial charge is 0.480 e. The molecule has 1 amide bonds. The van der Waals surface area contributed by atoms with Crippen LogP contribution in [0, 0.1) is 0 Å². The molecular weight excluding hydrogens is 461 g/mol. The van der Waals surface area contributed by atoms with Crippen LogP contribution >= 0.6 is 0 Å². The zero-order valence-electron chi connectivity index (χ0n) is 19.1. The van der Waals surface area contributed by atoms with E-state index in [9.17, 15) is 18.0 Å². The number of rotatable bonds is 5. The van der Waals surface area contributed by atoms with Gasteiger partial charge in [0.1, 0.15) is 0 Å². The van der Waals surface area contributed by atoms with Crippen molar-refractivity contribution in [2.75, 3.05) is 7.11 Å². The van der Waals surface area contributed by atoms with Gasteiger partial charge in [0.05, 0.1) is 30.3 Å². The number of amides is 1. The van der Waals surface area contributed by atoms with Crippen molar-refractivity contribution in [3.63, 3.8) is 0 Å². The first-order valence-corrected chi connectivity index (χ1v) is 10.7. The molecule has 180 valence electrons. The SMILES string of the molecule is COc1nn(C)cc1CNC(=O)c1ccc2c(c1)c1cn(C)nc1n2-c1ccc(C(F)(F)F)cc1. The smallest absolute Gasteiger partial charge is 0.416 e. The number of halogens is 3. The van der Waals surface area contributed by atoms with Crippen molar-refractivity contribution in [2.45, 2.75) is 12.7 Å². The number of aryl methyl sites for hydroxylation is 2. The van der Waals surface area contributed by atoms with E-state index < -0.39 is 11.7 Å². The van der Waals surface area contributed by atoms with Gasteiger partial charge in [0.2, 0.25) is 5.88 Å². The van der Waals surface area contributed by atoms with E-state index >= 15 is 0 Å². The van der Waals surface area contributed by atoms with Crippen molar-refractivity contribution in [2.24, 2.45) is 14.1 Å². The Bertz CT molecular complexity index is 1560. The lowest BCUT2D eigenvalue weighted by Gasteiger charge is -2.10. The average molecular weight is 482 g/mol. The summed E-state index contributed by atoms with van der Waals surface area (Å²) in [4.78, 5) is 12.9. The van der Waals surface area contributed by atoms with E-state index in [2.05, 4.69) is 15.5 Å². The number of hydrogen-bond donors (Lipinski definition) is 1. The third kappa shape index (κ3) is 3.98. The Morgan fingerprint density at radius 1 is 1.00 bits per heavy atom. The van der Waals surface area contributed by atoms with Crippen LogP contribution < -0.4 is 10.1 Å². The first-order valence-electron chi connectivity index (χ1n) is 10.7. The lowest BCUT2D eigenvalue weighted by atomic mass is 10.1. The molecule has 0 fully saturated rings. The Labute approximate surface area is 197 Å². The summed E-state index contributed by atoms with van der Waals surface area (Å²) in [5, 5.41) is 13.1. The standard InChI is InChI=1S/C24H21F3N6O2/c1-31-12-15(23(30-31)35-3)11-28-22(34)14-4-9-20-18(10-14)19-13-32(2)29-21(19)33(20)17-7-5-16(6-8-17)24(25,26)27/h4-10,12-13H,11H2,1-3H3,(H,28,34). The highest BCUT2D eigenvalue weighted by Crippen LogP contribution is 2.34. The molecule has 0 aliphatic heterocycles. The van der Waals surface area contributed by atoms with E-state index in [0.717, 1.165) is 34.0 Å². The molecule has 0 aliphatic carbocycles. The number of fused-ring (bicyclic) bond motifs is 3. The number of carbonyl (C=O) groups excluding carboxylic acids is 1. The number of hydrogen-bond acceptors (Lipinski definition) is 4. The number of methoxy groups -OCH3 is 1. The maximum absolute atomic E-state index is 13.0. The fraction of sp³-hybridized carbons (Fsp3) is 0.208. The highest BCUT2D eigenvalue weighted by Gasteiger charge is 2.30. The van der Waals surface area contributed by atoms with E-state index in [-0.39, 0.29) is 12.5 Å². The minimum atomic E-state index is -4.42. The maximum atomic E-state index is 13.0. The Kier molecular flexibility index (Phi) is 5.27. The summed E-state index contributed by atoms with van der Waals surface area (Å²) in [6.45, 7) is 0.239. The Morgan fingerprint density at radius 3 is 2.40 bits per heavy atom. The van der Waals surface area contributed by atoms with E-state index in [0.29, 0.717) is 22.8 Å². The van der Waals surface area contributed by atoms with E-state index in [1.807, 2.05) is 6.20 Å².